The van der Waals surface area contributed by atoms with Crippen LogP contribution in [0, 0.1) is 5.82 Å². The summed E-state index contributed by atoms with van der Waals surface area (Å²) in [4.78, 5) is 2.27. The monoisotopic (exact) mass is 251 g/mol. The summed E-state index contributed by atoms with van der Waals surface area (Å²) in [5.74, 6) is 0.523. The summed E-state index contributed by atoms with van der Waals surface area (Å²) in [5, 5.41) is 0. The van der Waals surface area contributed by atoms with Crippen LogP contribution in [-0.2, 0) is 4.74 Å². The predicted molar refractivity (Wildman–Crippen MR) is 67.8 cm³/mol. The molecule has 1 saturated heterocycles. The molecule has 1 aromatic rings. The first-order valence-corrected chi connectivity index (χ1v) is 6.11. The van der Waals surface area contributed by atoms with Crippen LogP contribution in [0.15, 0.2) is 36.8 Å². The molecule has 1 heterocycles. The van der Waals surface area contributed by atoms with E-state index in [4.69, 9.17) is 9.47 Å². The van der Waals surface area contributed by atoms with E-state index in [1.54, 1.807) is 12.1 Å². The van der Waals surface area contributed by atoms with Crippen LogP contribution in [0.5, 0.6) is 5.75 Å². The SMILES string of the molecule is C=C(Oc1ccc(F)cc1)OC1CCN(C)CC1. The molecule has 0 saturated carbocycles. The van der Waals surface area contributed by atoms with Gasteiger partial charge >= 0.3 is 0 Å². The molecule has 2 rings (SSSR count). The second-order valence-corrected chi connectivity index (χ2v) is 4.55. The van der Waals surface area contributed by atoms with Gasteiger partial charge in [0.2, 0.25) is 0 Å². The Morgan fingerprint density at radius 1 is 1.28 bits per heavy atom. The highest BCUT2D eigenvalue weighted by molar-refractivity contribution is 5.23. The van der Waals surface area contributed by atoms with Crippen molar-refractivity contribution in [3.63, 3.8) is 0 Å². The van der Waals surface area contributed by atoms with Crippen molar-refractivity contribution in [3.8, 4) is 5.75 Å². The second-order valence-electron chi connectivity index (χ2n) is 4.55. The summed E-state index contributed by atoms with van der Waals surface area (Å²) in [6.07, 6.45) is 2.11. The van der Waals surface area contributed by atoms with Gasteiger partial charge in [-0.25, -0.2) is 4.39 Å². The highest BCUT2D eigenvalue weighted by atomic mass is 19.1. The van der Waals surface area contributed by atoms with E-state index in [-0.39, 0.29) is 17.9 Å². The van der Waals surface area contributed by atoms with E-state index in [1.807, 2.05) is 0 Å². The molecule has 1 aliphatic rings. The Hall–Kier alpha value is -1.55. The van der Waals surface area contributed by atoms with Crippen LogP contribution in [0.25, 0.3) is 0 Å². The number of hydrogen-bond acceptors (Lipinski definition) is 3. The molecule has 0 radical (unpaired) electrons. The quantitative estimate of drug-likeness (QED) is 0.768. The highest BCUT2D eigenvalue weighted by Crippen LogP contribution is 2.19. The van der Waals surface area contributed by atoms with Gasteiger partial charge in [-0.1, -0.05) is 0 Å². The van der Waals surface area contributed by atoms with Gasteiger partial charge in [0.15, 0.2) is 0 Å². The lowest BCUT2D eigenvalue weighted by atomic mass is 10.1. The number of hydrogen-bond donors (Lipinski definition) is 0. The van der Waals surface area contributed by atoms with Crippen LogP contribution in [0.4, 0.5) is 4.39 Å². The molecule has 1 aliphatic heterocycles. The van der Waals surface area contributed by atoms with Gasteiger partial charge in [0.1, 0.15) is 17.7 Å². The molecule has 0 aliphatic carbocycles. The second kappa shape index (κ2) is 5.87. The van der Waals surface area contributed by atoms with Crippen molar-refractivity contribution in [1.29, 1.82) is 0 Å². The molecular weight excluding hydrogens is 233 g/mol. The standard InChI is InChI=1S/C14H18FNO2/c1-11(17-13-5-3-12(15)4-6-13)18-14-7-9-16(2)10-8-14/h3-6,14H,1,7-10H2,2H3. The normalized spacial score (nSPS) is 17.4. The Morgan fingerprint density at radius 2 is 1.89 bits per heavy atom. The molecular formula is C14H18FNO2. The van der Waals surface area contributed by atoms with E-state index in [9.17, 15) is 4.39 Å². The highest BCUT2D eigenvalue weighted by Gasteiger charge is 2.18. The lowest BCUT2D eigenvalue weighted by molar-refractivity contribution is 0.00945. The van der Waals surface area contributed by atoms with E-state index in [2.05, 4.69) is 18.5 Å². The fourth-order valence-corrected chi connectivity index (χ4v) is 1.95. The van der Waals surface area contributed by atoms with Gasteiger partial charge in [0.25, 0.3) is 5.95 Å². The lowest BCUT2D eigenvalue weighted by Gasteiger charge is -2.29. The van der Waals surface area contributed by atoms with Crippen LogP contribution in [-0.4, -0.2) is 31.1 Å². The molecule has 4 heteroatoms. The Kier molecular flexibility index (Phi) is 4.20. The van der Waals surface area contributed by atoms with Gasteiger partial charge in [-0.05, 0) is 50.7 Å². The van der Waals surface area contributed by atoms with Crippen molar-refractivity contribution in [2.24, 2.45) is 0 Å². The van der Waals surface area contributed by atoms with Crippen molar-refractivity contribution < 1.29 is 13.9 Å². The van der Waals surface area contributed by atoms with Gasteiger partial charge in [0, 0.05) is 13.1 Å². The number of piperidine rings is 1. The molecule has 18 heavy (non-hydrogen) atoms. The maximum absolute atomic E-state index is 12.7. The van der Waals surface area contributed by atoms with Gasteiger partial charge in [0.05, 0.1) is 0 Å². The Morgan fingerprint density at radius 3 is 2.50 bits per heavy atom. The molecule has 0 amide bonds. The molecule has 0 unspecified atom stereocenters. The fourth-order valence-electron chi connectivity index (χ4n) is 1.95. The molecule has 0 atom stereocenters. The first-order valence-electron chi connectivity index (χ1n) is 6.11. The molecule has 3 nitrogen and oxygen atoms in total. The molecule has 0 spiro atoms. The van der Waals surface area contributed by atoms with Crippen molar-refractivity contribution in [3.05, 3.63) is 42.6 Å². The average Bonchev–Trinajstić information content (AvgIpc) is 2.35. The van der Waals surface area contributed by atoms with Crippen molar-refractivity contribution in [2.75, 3.05) is 20.1 Å². The maximum atomic E-state index is 12.7. The maximum Gasteiger partial charge on any atom is 0.277 e. The summed E-state index contributed by atoms with van der Waals surface area (Å²) in [7, 11) is 2.10. The van der Waals surface area contributed by atoms with E-state index < -0.39 is 0 Å². The van der Waals surface area contributed by atoms with Gasteiger partial charge < -0.3 is 14.4 Å². The summed E-state index contributed by atoms with van der Waals surface area (Å²) in [5.41, 5.74) is 0. The number of ether oxygens (including phenoxy) is 2. The van der Waals surface area contributed by atoms with Crippen molar-refractivity contribution in [1.82, 2.24) is 4.90 Å². The zero-order valence-corrected chi connectivity index (χ0v) is 10.6. The van der Waals surface area contributed by atoms with Crippen molar-refractivity contribution in [2.45, 2.75) is 18.9 Å². The van der Waals surface area contributed by atoms with Crippen LogP contribution < -0.4 is 4.74 Å². The summed E-state index contributed by atoms with van der Waals surface area (Å²) >= 11 is 0. The van der Waals surface area contributed by atoms with Crippen LogP contribution >= 0.6 is 0 Å². The fraction of sp³-hybridized carbons (Fsp3) is 0.429. The predicted octanol–water partition coefficient (Wildman–Crippen LogP) is 2.79. The number of halogens is 1. The Labute approximate surface area is 107 Å². The van der Waals surface area contributed by atoms with Gasteiger partial charge in [-0.15, -0.1) is 0 Å². The summed E-state index contributed by atoms with van der Waals surface area (Å²) in [6.45, 7) is 5.78. The van der Waals surface area contributed by atoms with E-state index >= 15 is 0 Å². The first-order chi connectivity index (χ1) is 8.63. The van der Waals surface area contributed by atoms with E-state index in [0.29, 0.717) is 5.75 Å². The average molecular weight is 251 g/mol. The van der Waals surface area contributed by atoms with Crippen molar-refractivity contribution >= 4 is 0 Å². The van der Waals surface area contributed by atoms with Gasteiger partial charge in [-0.2, -0.15) is 0 Å². The third kappa shape index (κ3) is 3.74. The van der Waals surface area contributed by atoms with E-state index in [0.717, 1.165) is 25.9 Å². The molecule has 1 aromatic carbocycles. The minimum absolute atomic E-state index is 0.161. The smallest absolute Gasteiger partial charge is 0.277 e. The zero-order valence-electron chi connectivity index (χ0n) is 10.6. The molecule has 0 bridgehead atoms. The molecule has 0 aromatic heterocycles. The molecule has 98 valence electrons. The zero-order chi connectivity index (χ0) is 13.0. The van der Waals surface area contributed by atoms with Crippen LogP contribution in [0.3, 0.4) is 0 Å². The third-order valence-electron chi connectivity index (χ3n) is 3.01. The summed E-state index contributed by atoms with van der Waals surface area (Å²) < 4.78 is 23.8. The Bertz CT molecular complexity index is 397. The molecule has 0 N–H and O–H groups in total. The van der Waals surface area contributed by atoms with E-state index in [1.165, 1.54) is 12.1 Å². The lowest BCUT2D eigenvalue weighted by Crippen LogP contribution is -2.34. The largest absolute Gasteiger partial charge is 0.462 e. The van der Waals surface area contributed by atoms with Gasteiger partial charge in [-0.3, -0.25) is 0 Å². The number of benzene rings is 1. The third-order valence-corrected chi connectivity index (χ3v) is 3.01. The minimum Gasteiger partial charge on any atom is -0.462 e. The number of rotatable bonds is 4. The molecule has 1 fully saturated rings. The topological polar surface area (TPSA) is 21.7 Å². The number of likely N-dealkylation sites (tertiary alicyclic amines) is 1. The number of nitrogens with zero attached hydrogens (tertiary/aromatic N) is 1. The minimum atomic E-state index is -0.288. The first kappa shape index (κ1) is 12.9. The van der Waals surface area contributed by atoms with Crippen LogP contribution in [0.1, 0.15) is 12.8 Å². The van der Waals surface area contributed by atoms with Crippen LogP contribution in [0.2, 0.25) is 0 Å². The summed E-state index contributed by atoms with van der Waals surface area (Å²) in [6, 6.07) is 5.80. The Balaban J connectivity index is 1.80.